The summed E-state index contributed by atoms with van der Waals surface area (Å²) in [6.45, 7) is 11.1. The molecule has 1 N–H and O–H groups in total. The van der Waals surface area contributed by atoms with Crippen LogP contribution in [0, 0.1) is 6.92 Å². The molecule has 0 aliphatic carbocycles. The van der Waals surface area contributed by atoms with Gasteiger partial charge in [0.2, 0.25) is 5.91 Å². The molecule has 0 bridgehead atoms. The number of carbonyl (C=O) groups excluding carboxylic acids is 1. The van der Waals surface area contributed by atoms with Gasteiger partial charge in [-0.3, -0.25) is 9.69 Å². The van der Waals surface area contributed by atoms with Gasteiger partial charge in [0.05, 0.1) is 18.1 Å². The van der Waals surface area contributed by atoms with Crippen LogP contribution in [0.4, 0.5) is 10.5 Å². The van der Waals surface area contributed by atoms with E-state index < -0.39 is 11.6 Å². The Bertz CT molecular complexity index is 913. The van der Waals surface area contributed by atoms with Crippen molar-refractivity contribution >= 4 is 17.7 Å². The second-order valence-corrected chi connectivity index (χ2v) is 8.48. The summed E-state index contributed by atoms with van der Waals surface area (Å²) in [6.07, 6.45) is 3.24. The molecule has 2 aromatic rings. The molecule has 2 amide bonds. The van der Waals surface area contributed by atoms with E-state index in [4.69, 9.17) is 0 Å². The number of aromatic nitrogens is 2. The molecule has 7 heteroatoms. The third kappa shape index (κ3) is 3.48. The number of imidazole rings is 1. The fourth-order valence-corrected chi connectivity index (χ4v) is 4.16. The molecule has 28 heavy (non-hydrogen) atoms. The van der Waals surface area contributed by atoms with Crippen molar-refractivity contribution in [1.29, 1.82) is 0 Å². The summed E-state index contributed by atoms with van der Waals surface area (Å²) in [5.41, 5.74) is 2.83. The molecule has 3 rings (SSSR count). The number of rotatable bonds is 2. The summed E-state index contributed by atoms with van der Waals surface area (Å²) in [6, 6.07) is 5.38. The fraction of sp³-hybridized carbons (Fsp3) is 0.476. The first kappa shape index (κ1) is 19.9. The van der Waals surface area contributed by atoms with Crippen LogP contribution in [-0.4, -0.2) is 43.1 Å². The van der Waals surface area contributed by atoms with Gasteiger partial charge < -0.3 is 14.6 Å². The molecule has 150 valence electrons. The summed E-state index contributed by atoms with van der Waals surface area (Å²) >= 11 is 0. The highest BCUT2D eigenvalue weighted by molar-refractivity contribution is 5.94. The highest BCUT2D eigenvalue weighted by Gasteiger charge is 2.41. The Morgan fingerprint density at radius 3 is 2.46 bits per heavy atom. The minimum Gasteiger partial charge on any atom is -0.465 e. The zero-order valence-corrected chi connectivity index (χ0v) is 17.3. The van der Waals surface area contributed by atoms with Crippen LogP contribution >= 0.6 is 0 Å². The van der Waals surface area contributed by atoms with Crippen LogP contribution in [0.1, 0.15) is 58.3 Å². The van der Waals surface area contributed by atoms with Gasteiger partial charge in [0, 0.05) is 41.6 Å². The summed E-state index contributed by atoms with van der Waals surface area (Å²) < 4.78 is 1.91. The molecule has 7 nitrogen and oxygen atoms in total. The third-order valence-electron chi connectivity index (χ3n) is 5.22. The molecular formula is C21H28N4O3. The Labute approximate surface area is 165 Å². The molecule has 2 atom stereocenters. The first-order valence-corrected chi connectivity index (χ1v) is 9.47. The van der Waals surface area contributed by atoms with Gasteiger partial charge in [-0.1, -0.05) is 0 Å². The van der Waals surface area contributed by atoms with Crippen molar-refractivity contribution in [2.75, 3.05) is 4.90 Å². The van der Waals surface area contributed by atoms with E-state index in [0.29, 0.717) is 6.42 Å². The second-order valence-electron chi connectivity index (χ2n) is 8.48. The molecule has 0 unspecified atom stereocenters. The maximum absolute atomic E-state index is 12.3. The average molecular weight is 384 g/mol. The van der Waals surface area contributed by atoms with Gasteiger partial charge in [0.15, 0.2) is 0 Å². The molecule has 0 saturated carbocycles. The van der Waals surface area contributed by atoms with Crippen molar-refractivity contribution in [3.8, 4) is 5.69 Å². The molecule has 1 aromatic carbocycles. The number of fused-ring (bicyclic) bond motifs is 1. The smallest absolute Gasteiger partial charge is 0.408 e. The Morgan fingerprint density at radius 1 is 1.29 bits per heavy atom. The number of hydrogen-bond acceptors (Lipinski definition) is 3. The highest BCUT2D eigenvalue weighted by atomic mass is 16.4. The number of aryl methyl sites for hydroxylation is 1. The van der Waals surface area contributed by atoms with E-state index in [1.807, 2.05) is 63.6 Å². The third-order valence-corrected chi connectivity index (χ3v) is 5.22. The summed E-state index contributed by atoms with van der Waals surface area (Å²) in [5, 5.41) is 9.97. The van der Waals surface area contributed by atoms with E-state index in [2.05, 4.69) is 4.98 Å². The van der Waals surface area contributed by atoms with Gasteiger partial charge in [-0.15, -0.1) is 0 Å². The largest absolute Gasteiger partial charge is 0.465 e. The van der Waals surface area contributed by atoms with Gasteiger partial charge in [-0.25, -0.2) is 9.78 Å². The van der Waals surface area contributed by atoms with Crippen molar-refractivity contribution in [2.45, 2.75) is 65.6 Å². The highest BCUT2D eigenvalue weighted by Crippen LogP contribution is 2.43. The topological polar surface area (TPSA) is 78.7 Å². The van der Waals surface area contributed by atoms with Crippen LogP contribution in [0.5, 0.6) is 0 Å². The maximum Gasteiger partial charge on any atom is 0.408 e. The van der Waals surface area contributed by atoms with Gasteiger partial charge in [-0.05, 0) is 59.2 Å². The Kier molecular flexibility index (Phi) is 4.95. The lowest BCUT2D eigenvalue weighted by Crippen LogP contribution is -2.52. The van der Waals surface area contributed by atoms with Crippen molar-refractivity contribution in [2.24, 2.45) is 0 Å². The number of carboxylic acid groups (broad SMARTS) is 1. The quantitative estimate of drug-likeness (QED) is 0.844. The summed E-state index contributed by atoms with van der Waals surface area (Å²) in [7, 11) is 0. The lowest BCUT2D eigenvalue weighted by molar-refractivity contribution is -0.117. The summed E-state index contributed by atoms with van der Waals surface area (Å²) in [4.78, 5) is 32.0. The first-order valence-electron chi connectivity index (χ1n) is 9.47. The molecule has 0 saturated heterocycles. The van der Waals surface area contributed by atoms with E-state index in [1.54, 1.807) is 18.2 Å². The lowest BCUT2D eigenvalue weighted by Gasteiger charge is -2.46. The predicted octanol–water partition coefficient (Wildman–Crippen LogP) is 4.15. The van der Waals surface area contributed by atoms with E-state index in [9.17, 15) is 14.7 Å². The van der Waals surface area contributed by atoms with Crippen LogP contribution in [0.25, 0.3) is 5.69 Å². The van der Waals surface area contributed by atoms with E-state index in [-0.39, 0.29) is 18.0 Å². The molecule has 0 spiro atoms. The van der Waals surface area contributed by atoms with Crippen LogP contribution in [0.3, 0.4) is 0 Å². The molecule has 1 aliphatic rings. The predicted molar refractivity (Wildman–Crippen MR) is 108 cm³/mol. The van der Waals surface area contributed by atoms with Crippen molar-refractivity contribution in [3.63, 3.8) is 0 Å². The molecule has 2 heterocycles. The van der Waals surface area contributed by atoms with E-state index in [0.717, 1.165) is 22.6 Å². The first-order chi connectivity index (χ1) is 13.0. The SMILES string of the molecule is CC(=O)N1c2ccc(-n3cnc(C)c3)cc2[C@@H](N(C(=O)O)C(C)(C)C)C[C@H]1C. The minimum atomic E-state index is -0.962. The maximum atomic E-state index is 12.3. The van der Waals surface area contributed by atoms with Crippen molar-refractivity contribution in [3.05, 3.63) is 42.0 Å². The normalized spacial score (nSPS) is 19.3. The van der Waals surface area contributed by atoms with Crippen LogP contribution in [0.15, 0.2) is 30.7 Å². The zero-order chi connectivity index (χ0) is 20.8. The van der Waals surface area contributed by atoms with Crippen LogP contribution < -0.4 is 4.90 Å². The Balaban J connectivity index is 2.20. The Morgan fingerprint density at radius 2 is 1.96 bits per heavy atom. The number of hydrogen-bond donors (Lipinski definition) is 1. The average Bonchev–Trinajstić information content (AvgIpc) is 2.99. The van der Waals surface area contributed by atoms with Crippen molar-refractivity contribution in [1.82, 2.24) is 14.5 Å². The van der Waals surface area contributed by atoms with E-state index >= 15 is 0 Å². The molecule has 1 aromatic heterocycles. The molecule has 0 radical (unpaired) electrons. The number of anilines is 1. The number of nitrogens with zero attached hydrogens (tertiary/aromatic N) is 4. The number of carbonyl (C=O) groups is 2. The fourth-order valence-electron chi connectivity index (χ4n) is 4.16. The standard InChI is InChI=1S/C21H28N4O3/c1-13-11-23(12-22-13)16-7-8-18-17(10-16)19(9-14(2)24(18)15(3)26)25(20(27)28)21(4,5)6/h7-8,10-12,14,19H,9H2,1-6H3,(H,27,28)/t14-,19+/m1/s1. The monoisotopic (exact) mass is 384 g/mol. The second kappa shape index (κ2) is 6.96. The van der Waals surface area contributed by atoms with Crippen molar-refractivity contribution < 1.29 is 14.7 Å². The summed E-state index contributed by atoms with van der Waals surface area (Å²) in [5.74, 6) is -0.0453. The molecule has 1 aliphatic heterocycles. The molecular weight excluding hydrogens is 356 g/mol. The van der Waals surface area contributed by atoms with Gasteiger partial charge >= 0.3 is 6.09 Å². The van der Waals surface area contributed by atoms with Gasteiger partial charge in [0.25, 0.3) is 0 Å². The number of benzene rings is 1. The van der Waals surface area contributed by atoms with Gasteiger partial charge in [0.1, 0.15) is 0 Å². The van der Waals surface area contributed by atoms with E-state index in [1.165, 1.54) is 4.90 Å². The van der Waals surface area contributed by atoms with Gasteiger partial charge in [-0.2, -0.15) is 0 Å². The van der Waals surface area contributed by atoms with Crippen LogP contribution in [0.2, 0.25) is 0 Å². The minimum absolute atomic E-state index is 0.0453. The Hall–Kier alpha value is -2.83. The number of amides is 2. The molecule has 0 fully saturated rings. The zero-order valence-electron chi connectivity index (χ0n) is 17.3. The van der Waals surface area contributed by atoms with Crippen LogP contribution in [-0.2, 0) is 4.79 Å². The lowest BCUT2D eigenvalue weighted by atomic mass is 9.87.